The molecule has 7 heteroatoms. The molecule has 2 aromatic carbocycles. The lowest BCUT2D eigenvalue weighted by atomic mass is 10.2. The van der Waals surface area contributed by atoms with E-state index >= 15 is 0 Å². The minimum absolute atomic E-state index is 0.0627. The quantitative estimate of drug-likeness (QED) is 0.823. The Labute approximate surface area is 122 Å². The van der Waals surface area contributed by atoms with Gasteiger partial charge in [0.05, 0.1) is 7.11 Å². The first-order chi connectivity index (χ1) is 9.91. The lowest BCUT2D eigenvalue weighted by molar-refractivity contribution is 0.285. The topological polar surface area (TPSA) is 93.1 Å². The molecule has 0 bridgehead atoms. The zero-order valence-corrected chi connectivity index (χ0v) is 12.0. The standard InChI is InChI=1S/C14H14O6S/c1-19-13-7-11(15)12(8-14(13)21(16,17)18)20-9-10-5-3-2-4-6-10/h2-8,15H,9H2,1H3,(H,16,17,18). The molecule has 0 amide bonds. The van der Waals surface area contributed by atoms with E-state index in [-0.39, 0.29) is 23.9 Å². The third-order valence-corrected chi connectivity index (χ3v) is 3.64. The lowest BCUT2D eigenvalue weighted by Crippen LogP contribution is -2.03. The van der Waals surface area contributed by atoms with Crippen molar-refractivity contribution in [2.45, 2.75) is 11.5 Å². The SMILES string of the molecule is COc1cc(O)c(OCc2ccccc2)cc1S(=O)(=O)O. The molecule has 0 radical (unpaired) electrons. The average molecular weight is 310 g/mol. The summed E-state index contributed by atoms with van der Waals surface area (Å²) in [6.07, 6.45) is 0. The van der Waals surface area contributed by atoms with Gasteiger partial charge in [0.1, 0.15) is 17.3 Å². The Kier molecular flexibility index (Phi) is 4.35. The minimum Gasteiger partial charge on any atom is -0.504 e. The molecule has 112 valence electrons. The van der Waals surface area contributed by atoms with E-state index in [4.69, 9.17) is 14.0 Å². The fraction of sp³-hybridized carbons (Fsp3) is 0.143. The van der Waals surface area contributed by atoms with Crippen LogP contribution < -0.4 is 9.47 Å². The van der Waals surface area contributed by atoms with Gasteiger partial charge in [-0.25, -0.2) is 0 Å². The summed E-state index contributed by atoms with van der Waals surface area (Å²) in [5, 5.41) is 9.81. The highest BCUT2D eigenvalue weighted by atomic mass is 32.2. The summed E-state index contributed by atoms with van der Waals surface area (Å²) >= 11 is 0. The summed E-state index contributed by atoms with van der Waals surface area (Å²) in [5.41, 5.74) is 0.848. The first-order valence-corrected chi connectivity index (χ1v) is 7.41. The summed E-state index contributed by atoms with van der Waals surface area (Å²) in [5.74, 6) is -0.510. The molecule has 0 saturated heterocycles. The second-order valence-corrected chi connectivity index (χ2v) is 5.61. The smallest absolute Gasteiger partial charge is 0.298 e. The zero-order chi connectivity index (χ0) is 15.5. The van der Waals surface area contributed by atoms with E-state index in [9.17, 15) is 13.5 Å². The molecule has 0 fully saturated rings. The van der Waals surface area contributed by atoms with Gasteiger partial charge in [-0.1, -0.05) is 30.3 Å². The van der Waals surface area contributed by atoms with Crippen LogP contribution in [0.1, 0.15) is 5.56 Å². The third-order valence-electron chi connectivity index (χ3n) is 2.76. The maximum atomic E-state index is 11.3. The zero-order valence-electron chi connectivity index (χ0n) is 11.2. The van der Waals surface area contributed by atoms with Crippen molar-refractivity contribution in [2.75, 3.05) is 7.11 Å². The van der Waals surface area contributed by atoms with Crippen molar-refractivity contribution >= 4 is 10.1 Å². The average Bonchev–Trinajstić information content (AvgIpc) is 2.45. The van der Waals surface area contributed by atoms with Crippen LogP contribution in [0, 0.1) is 0 Å². The van der Waals surface area contributed by atoms with Gasteiger partial charge in [0, 0.05) is 12.1 Å². The highest BCUT2D eigenvalue weighted by molar-refractivity contribution is 7.86. The van der Waals surface area contributed by atoms with Crippen LogP contribution in [0.4, 0.5) is 0 Å². The summed E-state index contributed by atoms with van der Waals surface area (Å²) in [6, 6.07) is 11.3. The van der Waals surface area contributed by atoms with Crippen molar-refractivity contribution < 1.29 is 27.6 Å². The van der Waals surface area contributed by atoms with Gasteiger partial charge in [0.2, 0.25) is 0 Å². The largest absolute Gasteiger partial charge is 0.504 e. The predicted octanol–water partition coefficient (Wildman–Crippen LogP) is 2.23. The molecular weight excluding hydrogens is 296 g/mol. The molecule has 2 N–H and O–H groups in total. The molecule has 2 rings (SSSR count). The molecule has 0 aromatic heterocycles. The predicted molar refractivity (Wildman–Crippen MR) is 75.2 cm³/mol. The van der Waals surface area contributed by atoms with Gasteiger partial charge in [-0.3, -0.25) is 4.55 Å². The van der Waals surface area contributed by atoms with Crippen molar-refractivity contribution in [3.8, 4) is 17.2 Å². The number of hydrogen-bond donors (Lipinski definition) is 2. The molecule has 0 aliphatic rings. The van der Waals surface area contributed by atoms with Crippen LogP contribution in [-0.4, -0.2) is 25.2 Å². The molecule has 21 heavy (non-hydrogen) atoms. The minimum atomic E-state index is -4.48. The van der Waals surface area contributed by atoms with E-state index in [1.807, 2.05) is 30.3 Å². The van der Waals surface area contributed by atoms with Gasteiger partial charge < -0.3 is 14.6 Å². The summed E-state index contributed by atoms with van der Waals surface area (Å²) in [7, 11) is -3.25. The fourth-order valence-corrected chi connectivity index (χ4v) is 2.40. The van der Waals surface area contributed by atoms with Crippen LogP contribution in [0.15, 0.2) is 47.4 Å². The molecular formula is C14H14O6S. The van der Waals surface area contributed by atoms with Gasteiger partial charge in [-0.2, -0.15) is 8.42 Å². The van der Waals surface area contributed by atoms with Gasteiger partial charge in [-0.15, -0.1) is 0 Å². The molecule has 0 spiro atoms. The van der Waals surface area contributed by atoms with Crippen LogP contribution >= 0.6 is 0 Å². The van der Waals surface area contributed by atoms with Crippen LogP contribution in [0.25, 0.3) is 0 Å². The highest BCUT2D eigenvalue weighted by Crippen LogP contribution is 2.36. The first-order valence-electron chi connectivity index (χ1n) is 5.97. The molecule has 6 nitrogen and oxygen atoms in total. The number of benzene rings is 2. The Hall–Kier alpha value is -2.25. The number of phenolic OH excluding ortho intramolecular Hbond substituents is 1. The van der Waals surface area contributed by atoms with E-state index in [0.29, 0.717) is 0 Å². The fourth-order valence-electron chi connectivity index (χ4n) is 1.74. The number of ether oxygens (including phenoxy) is 2. The van der Waals surface area contributed by atoms with E-state index in [2.05, 4.69) is 0 Å². The Morgan fingerprint density at radius 3 is 2.33 bits per heavy atom. The number of hydrogen-bond acceptors (Lipinski definition) is 5. The number of aromatic hydroxyl groups is 1. The lowest BCUT2D eigenvalue weighted by Gasteiger charge is -2.12. The van der Waals surface area contributed by atoms with Crippen molar-refractivity contribution in [3.05, 3.63) is 48.0 Å². The van der Waals surface area contributed by atoms with Crippen LogP contribution in [0.3, 0.4) is 0 Å². The van der Waals surface area contributed by atoms with Gasteiger partial charge in [0.25, 0.3) is 10.1 Å². The molecule has 0 unspecified atom stereocenters. The van der Waals surface area contributed by atoms with E-state index in [1.54, 1.807) is 0 Å². The van der Waals surface area contributed by atoms with Crippen LogP contribution in [-0.2, 0) is 16.7 Å². The summed E-state index contributed by atoms with van der Waals surface area (Å²) < 4.78 is 41.9. The van der Waals surface area contributed by atoms with Gasteiger partial charge >= 0.3 is 0 Å². The molecule has 0 aliphatic heterocycles. The molecule has 0 atom stereocenters. The Morgan fingerprint density at radius 2 is 1.76 bits per heavy atom. The number of phenols is 1. The monoisotopic (exact) mass is 310 g/mol. The number of methoxy groups -OCH3 is 1. The van der Waals surface area contributed by atoms with Crippen molar-refractivity contribution in [2.24, 2.45) is 0 Å². The van der Waals surface area contributed by atoms with Crippen LogP contribution in [0.5, 0.6) is 17.2 Å². The maximum Gasteiger partial charge on any atom is 0.298 e. The highest BCUT2D eigenvalue weighted by Gasteiger charge is 2.20. The molecule has 2 aromatic rings. The van der Waals surface area contributed by atoms with E-state index in [1.165, 1.54) is 7.11 Å². The molecule has 0 aliphatic carbocycles. The van der Waals surface area contributed by atoms with Gasteiger partial charge in [0.15, 0.2) is 11.5 Å². The number of rotatable bonds is 5. The van der Waals surface area contributed by atoms with Crippen LogP contribution in [0.2, 0.25) is 0 Å². The van der Waals surface area contributed by atoms with E-state index in [0.717, 1.165) is 17.7 Å². The Balaban J connectivity index is 2.32. The summed E-state index contributed by atoms with van der Waals surface area (Å²) in [6.45, 7) is 0.144. The Bertz CT molecular complexity index is 725. The van der Waals surface area contributed by atoms with Crippen molar-refractivity contribution in [1.82, 2.24) is 0 Å². The normalized spacial score (nSPS) is 11.1. The van der Waals surface area contributed by atoms with Crippen molar-refractivity contribution in [1.29, 1.82) is 0 Å². The maximum absolute atomic E-state index is 11.3. The Morgan fingerprint density at radius 1 is 1.10 bits per heavy atom. The molecule has 0 saturated carbocycles. The van der Waals surface area contributed by atoms with E-state index < -0.39 is 15.0 Å². The van der Waals surface area contributed by atoms with Crippen molar-refractivity contribution in [3.63, 3.8) is 0 Å². The second-order valence-electron chi connectivity index (χ2n) is 4.22. The second kappa shape index (κ2) is 6.02. The molecule has 0 heterocycles. The van der Waals surface area contributed by atoms with Gasteiger partial charge in [-0.05, 0) is 5.56 Å². The third kappa shape index (κ3) is 3.65. The first kappa shape index (κ1) is 15.1. The summed E-state index contributed by atoms with van der Waals surface area (Å²) in [4.78, 5) is -0.467.